The van der Waals surface area contributed by atoms with Gasteiger partial charge < -0.3 is 14.2 Å². The molecule has 0 aliphatic heterocycles. The molecule has 8 heteroatoms. The van der Waals surface area contributed by atoms with Gasteiger partial charge in [0, 0.05) is 12.3 Å². The smallest absolute Gasteiger partial charge is 0.253 e. The van der Waals surface area contributed by atoms with Gasteiger partial charge in [0.05, 0.1) is 37.8 Å². The number of fused-ring (bicyclic) bond motifs is 1. The Kier molecular flexibility index (Phi) is 7.39. The van der Waals surface area contributed by atoms with Crippen molar-refractivity contribution in [2.45, 2.75) is 13.5 Å². The first kappa shape index (κ1) is 23.3. The molecule has 0 unspecified atom stereocenters. The van der Waals surface area contributed by atoms with Crippen LogP contribution >= 0.6 is 11.3 Å². The molecule has 1 amide bonds. The lowest BCUT2D eigenvalue weighted by Gasteiger charge is -2.17. The van der Waals surface area contributed by atoms with Gasteiger partial charge in [0.15, 0.2) is 16.6 Å². The number of methoxy groups -OCH3 is 2. The normalized spacial score (nSPS) is 11.0. The number of anilines is 1. The van der Waals surface area contributed by atoms with Gasteiger partial charge in [0.1, 0.15) is 11.3 Å². The van der Waals surface area contributed by atoms with Gasteiger partial charge in [0.25, 0.3) is 5.91 Å². The summed E-state index contributed by atoms with van der Waals surface area (Å²) in [5.74, 6) is 1.71. The number of pyridine rings is 1. The van der Waals surface area contributed by atoms with Gasteiger partial charge in [-0.3, -0.25) is 14.7 Å². The molecule has 0 aliphatic carbocycles. The van der Waals surface area contributed by atoms with Crippen LogP contribution in [0.3, 0.4) is 0 Å². The highest BCUT2D eigenvalue weighted by molar-refractivity contribution is 7.22. The van der Waals surface area contributed by atoms with Crippen molar-refractivity contribution in [1.29, 1.82) is 0 Å². The molecule has 0 saturated heterocycles. The summed E-state index contributed by atoms with van der Waals surface area (Å²) in [4.78, 5) is 24.1. The van der Waals surface area contributed by atoms with Crippen LogP contribution in [0.25, 0.3) is 16.3 Å². The predicted molar refractivity (Wildman–Crippen MR) is 135 cm³/mol. The number of nitrogens with zero attached hydrogens (tertiary/aromatic N) is 3. The minimum absolute atomic E-state index is 0.211. The SMILES string of the molecule is CCOc1cccc2sc(N(Cc3ccccn3)C(=O)/C=C/c3ccc(OC)c(OC)c3)nc12. The summed E-state index contributed by atoms with van der Waals surface area (Å²) in [6.07, 6.45) is 4.98. The first-order chi connectivity index (χ1) is 16.6. The second-order valence-electron chi connectivity index (χ2n) is 7.23. The second kappa shape index (κ2) is 10.8. The van der Waals surface area contributed by atoms with Crippen molar-refractivity contribution in [2.24, 2.45) is 0 Å². The van der Waals surface area contributed by atoms with Crippen molar-refractivity contribution < 1.29 is 19.0 Å². The molecule has 34 heavy (non-hydrogen) atoms. The van der Waals surface area contributed by atoms with Crippen LogP contribution in [-0.4, -0.2) is 36.7 Å². The van der Waals surface area contributed by atoms with Gasteiger partial charge in [-0.15, -0.1) is 0 Å². The summed E-state index contributed by atoms with van der Waals surface area (Å²) >= 11 is 1.44. The van der Waals surface area contributed by atoms with Crippen LogP contribution in [0.4, 0.5) is 5.13 Å². The molecule has 2 aromatic carbocycles. The number of benzene rings is 2. The lowest BCUT2D eigenvalue weighted by atomic mass is 10.2. The lowest BCUT2D eigenvalue weighted by Crippen LogP contribution is -2.29. The second-order valence-corrected chi connectivity index (χ2v) is 8.23. The summed E-state index contributed by atoms with van der Waals surface area (Å²) < 4.78 is 17.3. The standard InChI is InChI=1S/C26H25N3O4S/c1-4-33-21-9-7-10-23-25(21)28-26(34-23)29(17-19-8-5-6-15-27-19)24(30)14-12-18-11-13-20(31-2)22(16-18)32-3/h5-16H,4,17H2,1-3H3/b14-12+. The maximum Gasteiger partial charge on any atom is 0.253 e. The number of carbonyl (C=O) groups is 1. The van der Waals surface area contributed by atoms with E-state index >= 15 is 0 Å². The Labute approximate surface area is 202 Å². The van der Waals surface area contributed by atoms with E-state index in [0.29, 0.717) is 35.5 Å². The van der Waals surface area contributed by atoms with E-state index in [1.165, 1.54) is 17.4 Å². The van der Waals surface area contributed by atoms with Crippen LogP contribution in [0.15, 0.2) is 66.9 Å². The van der Waals surface area contributed by atoms with Gasteiger partial charge in [0.2, 0.25) is 0 Å². The number of hydrogen-bond donors (Lipinski definition) is 0. The van der Waals surface area contributed by atoms with Crippen LogP contribution in [0.5, 0.6) is 17.2 Å². The fourth-order valence-corrected chi connectivity index (χ4v) is 4.39. The van der Waals surface area contributed by atoms with Gasteiger partial charge in [-0.05, 0) is 55.0 Å². The molecule has 0 atom stereocenters. The number of rotatable bonds is 9. The average molecular weight is 476 g/mol. The first-order valence-corrected chi connectivity index (χ1v) is 11.6. The van der Waals surface area contributed by atoms with Crippen molar-refractivity contribution in [2.75, 3.05) is 25.7 Å². The topological polar surface area (TPSA) is 73.8 Å². The molecule has 2 heterocycles. The Hall–Kier alpha value is -3.91. The molecule has 4 aromatic rings. The molecular formula is C26H25N3O4S. The molecule has 0 saturated carbocycles. The Morgan fingerprint density at radius 3 is 2.62 bits per heavy atom. The molecule has 0 fully saturated rings. The minimum Gasteiger partial charge on any atom is -0.493 e. The van der Waals surface area contributed by atoms with Crippen molar-refractivity contribution in [1.82, 2.24) is 9.97 Å². The molecule has 174 valence electrons. The van der Waals surface area contributed by atoms with E-state index in [9.17, 15) is 4.79 Å². The fraction of sp³-hybridized carbons (Fsp3) is 0.192. The number of hydrogen-bond acceptors (Lipinski definition) is 7. The summed E-state index contributed by atoms with van der Waals surface area (Å²) in [5.41, 5.74) is 2.32. The molecule has 4 rings (SSSR count). The monoisotopic (exact) mass is 475 g/mol. The molecule has 0 aliphatic rings. The number of aromatic nitrogens is 2. The zero-order valence-electron chi connectivity index (χ0n) is 19.2. The van der Waals surface area contributed by atoms with Gasteiger partial charge >= 0.3 is 0 Å². The number of amides is 1. The largest absolute Gasteiger partial charge is 0.493 e. The van der Waals surface area contributed by atoms with E-state index in [4.69, 9.17) is 19.2 Å². The summed E-state index contributed by atoms with van der Waals surface area (Å²) in [5, 5.41) is 0.578. The van der Waals surface area contributed by atoms with Crippen molar-refractivity contribution >= 4 is 38.7 Å². The first-order valence-electron chi connectivity index (χ1n) is 10.8. The van der Waals surface area contributed by atoms with E-state index in [-0.39, 0.29) is 5.91 Å². The number of carbonyl (C=O) groups excluding carboxylic acids is 1. The fourth-order valence-electron chi connectivity index (χ4n) is 3.41. The molecule has 0 N–H and O–H groups in total. The Morgan fingerprint density at radius 2 is 1.88 bits per heavy atom. The molecule has 2 aromatic heterocycles. The van der Waals surface area contributed by atoms with Crippen LogP contribution in [0, 0.1) is 0 Å². The quantitative estimate of drug-likeness (QED) is 0.304. The van der Waals surface area contributed by atoms with E-state index in [1.54, 1.807) is 37.5 Å². The van der Waals surface area contributed by atoms with Gasteiger partial charge in [-0.25, -0.2) is 4.98 Å². The van der Waals surface area contributed by atoms with Crippen molar-refractivity contribution in [3.63, 3.8) is 0 Å². The van der Waals surface area contributed by atoms with E-state index in [0.717, 1.165) is 21.5 Å². The highest BCUT2D eigenvalue weighted by Gasteiger charge is 2.20. The number of para-hydroxylation sites is 1. The number of thiazole rings is 1. The molecule has 7 nitrogen and oxygen atoms in total. The van der Waals surface area contributed by atoms with Crippen LogP contribution < -0.4 is 19.1 Å². The molecule has 0 bridgehead atoms. The number of ether oxygens (including phenoxy) is 3. The predicted octanol–water partition coefficient (Wildman–Crippen LogP) is 5.35. The maximum atomic E-state index is 13.4. The lowest BCUT2D eigenvalue weighted by molar-refractivity contribution is -0.114. The summed E-state index contributed by atoms with van der Waals surface area (Å²) in [7, 11) is 3.16. The third-order valence-corrected chi connectivity index (χ3v) is 6.08. The van der Waals surface area contributed by atoms with Gasteiger partial charge in [-0.1, -0.05) is 29.5 Å². The Balaban J connectivity index is 1.68. The average Bonchev–Trinajstić information content (AvgIpc) is 3.31. The zero-order chi connectivity index (χ0) is 23.9. The van der Waals surface area contributed by atoms with Crippen molar-refractivity contribution in [3.05, 3.63) is 78.1 Å². The summed E-state index contributed by atoms with van der Waals surface area (Å²) in [6.45, 7) is 2.76. The molecule has 0 radical (unpaired) electrons. The molecular weight excluding hydrogens is 450 g/mol. The molecule has 0 spiro atoms. The highest BCUT2D eigenvalue weighted by Crippen LogP contribution is 2.35. The van der Waals surface area contributed by atoms with Crippen LogP contribution in [-0.2, 0) is 11.3 Å². The third-order valence-electron chi connectivity index (χ3n) is 5.04. The van der Waals surface area contributed by atoms with Crippen LogP contribution in [0.1, 0.15) is 18.2 Å². The third kappa shape index (κ3) is 5.18. The van der Waals surface area contributed by atoms with E-state index in [1.807, 2.05) is 55.5 Å². The van der Waals surface area contributed by atoms with Gasteiger partial charge in [-0.2, -0.15) is 0 Å². The zero-order valence-corrected chi connectivity index (χ0v) is 20.0. The maximum absolute atomic E-state index is 13.4. The summed E-state index contributed by atoms with van der Waals surface area (Å²) in [6, 6.07) is 16.9. The Bertz CT molecular complexity index is 1300. The van der Waals surface area contributed by atoms with E-state index in [2.05, 4.69) is 4.98 Å². The van der Waals surface area contributed by atoms with Crippen molar-refractivity contribution in [3.8, 4) is 17.2 Å². The Morgan fingerprint density at radius 1 is 1.03 bits per heavy atom. The highest BCUT2D eigenvalue weighted by atomic mass is 32.1. The van der Waals surface area contributed by atoms with E-state index < -0.39 is 0 Å². The minimum atomic E-state index is -0.211. The van der Waals surface area contributed by atoms with Crippen LogP contribution in [0.2, 0.25) is 0 Å².